The summed E-state index contributed by atoms with van der Waals surface area (Å²) < 4.78 is 43.9. The molecule has 0 unspecified atom stereocenters. The quantitative estimate of drug-likeness (QED) is 0.657. The van der Waals surface area contributed by atoms with E-state index in [-0.39, 0.29) is 12.1 Å². The number of ether oxygens (including phenoxy) is 1. The van der Waals surface area contributed by atoms with Crippen LogP contribution >= 0.6 is 0 Å². The summed E-state index contributed by atoms with van der Waals surface area (Å²) in [5, 5.41) is 0. The van der Waals surface area contributed by atoms with Crippen molar-refractivity contribution in [2.75, 3.05) is 13.7 Å². The van der Waals surface area contributed by atoms with Crippen LogP contribution in [0.2, 0.25) is 0 Å². The highest BCUT2D eigenvalue weighted by atomic mass is 32.2. The van der Waals surface area contributed by atoms with Crippen LogP contribution in [0.1, 0.15) is 17.3 Å². The van der Waals surface area contributed by atoms with Crippen LogP contribution in [0.4, 0.5) is 4.39 Å². The predicted molar refractivity (Wildman–Crippen MR) is 67.7 cm³/mol. The summed E-state index contributed by atoms with van der Waals surface area (Å²) in [5.41, 5.74) is 0.359. The van der Waals surface area contributed by atoms with Crippen molar-refractivity contribution in [2.45, 2.75) is 11.8 Å². The standard InChI is InChI=1S/C12H14FNO4S/c1-8(2)7-14-19(16,17)11-6-9(13)4-5-10(11)12(15)18-3/h4-6,14H,1,7H2,2-3H3. The monoisotopic (exact) mass is 287 g/mol. The van der Waals surface area contributed by atoms with Gasteiger partial charge in [0.15, 0.2) is 0 Å². The Morgan fingerprint density at radius 3 is 2.63 bits per heavy atom. The van der Waals surface area contributed by atoms with Crippen LogP contribution in [0, 0.1) is 5.82 Å². The van der Waals surface area contributed by atoms with E-state index >= 15 is 0 Å². The molecule has 0 amide bonds. The second kappa shape index (κ2) is 5.94. The maximum atomic E-state index is 13.2. The summed E-state index contributed by atoms with van der Waals surface area (Å²) in [7, 11) is -2.90. The van der Waals surface area contributed by atoms with E-state index in [0.717, 1.165) is 25.3 Å². The van der Waals surface area contributed by atoms with E-state index in [9.17, 15) is 17.6 Å². The third-order valence-corrected chi connectivity index (χ3v) is 3.64. The Hall–Kier alpha value is -1.73. The van der Waals surface area contributed by atoms with Crippen molar-refractivity contribution in [3.05, 3.63) is 41.7 Å². The van der Waals surface area contributed by atoms with E-state index in [1.165, 1.54) is 0 Å². The van der Waals surface area contributed by atoms with Gasteiger partial charge in [-0.15, -0.1) is 0 Å². The molecule has 5 nitrogen and oxygen atoms in total. The molecule has 0 heterocycles. The van der Waals surface area contributed by atoms with E-state index in [0.29, 0.717) is 5.57 Å². The Morgan fingerprint density at radius 2 is 2.11 bits per heavy atom. The van der Waals surface area contributed by atoms with Gasteiger partial charge in [-0.1, -0.05) is 12.2 Å². The van der Waals surface area contributed by atoms with Crippen molar-refractivity contribution in [2.24, 2.45) is 0 Å². The fourth-order valence-corrected chi connectivity index (χ4v) is 2.59. The molecule has 7 heteroatoms. The molecule has 19 heavy (non-hydrogen) atoms. The molecule has 1 rings (SSSR count). The molecule has 104 valence electrons. The van der Waals surface area contributed by atoms with Crippen molar-refractivity contribution in [3.8, 4) is 0 Å². The zero-order valence-corrected chi connectivity index (χ0v) is 11.4. The van der Waals surface area contributed by atoms with Crippen LogP contribution < -0.4 is 4.72 Å². The average Bonchev–Trinajstić information content (AvgIpc) is 2.35. The van der Waals surface area contributed by atoms with Gasteiger partial charge in [0.25, 0.3) is 0 Å². The van der Waals surface area contributed by atoms with E-state index in [4.69, 9.17) is 0 Å². The highest BCUT2D eigenvalue weighted by Crippen LogP contribution is 2.18. The molecule has 1 aromatic rings. The Bertz CT molecular complexity index is 610. The Morgan fingerprint density at radius 1 is 1.47 bits per heavy atom. The van der Waals surface area contributed by atoms with Crippen molar-refractivity contribution >= 4 is 16.0 Å². The first-order chi connectivity index (χ1) is 8.77. The molecule has 0 fully saturated rings. The molecule has 1 N–H and O–H groups in total. The number of sulfonamides is 1. The largest absolute Gasteiger partial charge is 0.465 e. The smallest absolute Gasteiger partial charge is 0.339 e. The number of methoxy groups -OCH3 is 1. The van der Waals surface area contributed by atoms with E-state index < -0.39 is 26.7 Å². The topological polar surface area (TPSA) is 72.5 Å². The minimum absolute atomic E-state index is 0.000536. The van der Waals surface area contributed by atoms with Crippen molar-refractivity contribution in [1.82, 2.24) is 4.72 Å². The zero-order chi connectivity index (χ0) is 14.6. The lowest BCUT2D eigenvalue weighted by molar-refractivity contribution is 0.0596. The van der Waals surface area contributed by atoms with Crippen LogP contribution in [0.15, 0.2) is 35.2 Å². The normalized spacial score (nSPS) is 11.1. The predicted octanol–water partition coefficient (Wildman–Crippen LogP) is 1.47. The maximum Gasteiger partial charge on any atom is 0.339 e. The number of benzene rings is 1. The third kappa shape index (κ3) is 3.87. The Labute approximate surface area is 111 Å². The highest BCUT2D eigenvalue weighted by molar-refractivity contribution is 7.89. The summed E-state index contributed by atoms with van der Waals surface area (Å²) in [4.78, 5) is 11.0. The summed E-state index contributed by atoms with van der Waals surface area (Å²) in [6.45, 7) is 5.18. The Kier molecular flexibility index (Phi) is 4.79. The first-order valence-electron chi connectivity index (χ1n) is 5.30. The molecule has 0 bridgehead atoms. The highest BCUT2D eigenvalue weighted by Gasteiger charge is 2.23. The number of halogens is 1. The Balaban J connectivity index is 3.27. The van der Waals surface area contributed by atoms with Gasteiger partial charge in [0, 0.05) is 6.54 Å². The lowest BCUT2D eigenvalue weighted by Gasteiger charge is -2.10. The average molecular weight is 287 g/mol. The zero-order valence-electron chi connectivity index (χ0n) is 10.6. The number of carbonyl (C=O) groups is 1. The van der Waals surface area contributed by atoms with Gasteiger partial charge >= 0.3 is 5.97 Å². The maximum absolute atomic E-state index is 13.2. The summed E-state index contributed by atoms with van der Waals surface area (Å²) in [6.07, 6.45) is 0. The lowest BCUT2D eigenvalue weighted by atomic mass is 10.2. The number of hydrogen-bond acceptors (Lipinski definition) is 4. The fraction of sp³-hybridized carbons (Fsp3) is 0.250. The fourth-order valence-electron chi connectivity index (χ4n) is 1.29. The molecular formula is C12H14FNO4S. The molecule has 0 saturated carbocycles. The third-order valence-electron chi connectivity index (χ3n) is 2.20. The van der Waals surface area contributed by atoms with E-state index in [1.807, 2.05) is 0 Å². The summed E-state index contributed by atoms with van der Waals surface area (Å²) >= 11 is 0. The van der Waals surface area contributed by atoms with E-state index in [1.54, 1.807) is 6.92 Å². The number of rotatable bonds is 5. The van der Waals surface area contributed by atoms with Gasteiger partial charge in [-0.25, -0.2) is 22.3 Å². The molecule has 0 radical (unpaired) electrons. The first kappa shape index (κ1) is 15.3. The molecule has 0 spiro atoms. The van der Waals surface area contributed by atoms with Crippen LogP contribution in [0.3, 0.4) is 0 Å². The first-order valence-corrected chi connectivity index (χ1v) is 6.78. The summed E-state index contributed by atoms with van der Waals surface area (Å²) in [6, 6.07) is 2.83. The molecule has 0 aliphatic rings. The molecule has 0 aromatic heterocycles. The number of hydrogen-bond donors (Lipinski definition) is 1. The second-order valence-electron chi connectivity index (χ2n) is 3.91. The van der Waals surface area contributed by atoms with Crippen LogP contribution in [0.5, 0.6) is 0 Å². The lowest BCUT2D eigenvalue weighted by Crippen LogP contribution is -2.27. The van der Waals surface area contributed by atoms with E-state index in [2.05, 4.69) is 16.0 Å². The van der Waals surface area contributed by atoms with Gasteiger partial charge in [-0.3, -0.25) is 0 Å². The summed E-state index contributed by atoms with van der Waals surface area (Å²) in [5.74, 6) is -1.61. The minimum atomic E-state index is -4.02. The van der Waals surface area contributed by atoms with Crippen molar-refractivity contribution in [1.29, 1.82) is 0 Å². The number of esters is 1. The van der Waals surface area contributed by atoms with Crippen molar-refractivity contribution in [3.63, 3.8) is 0 Å². The molecule has 1 aromatic carbocycles. The molecular weight excluding hydrogens is 273 g/mol. The second-order valence-corrected chi connectivity index (χ2v) is 5.65. The van der Waals surface area contributed by atoms with Gasteiger partial charge in [-0.2, -0.15) is 0 Å². The van der Waals surface area contributed by atoms with Gasteiger partial charge < -0.3 is 4.74 Å². The number of nitrogens with one attached hydrogen (secondary N) is 1. The molecule has 0 aliphatic carbocycles. The van der Waals surface area contributed by atoms with Crippen LogP contribution in [-0.2, 0) is 14.8 Å². The SMILES string of the molecule is C=C(C)CNS(=O)(=O)c1cc(F)ccc1C(=O)OC. The van der Waals surface area contributed by atoms with Crippen LogP contribution in [0.25, 0.3) is 0 Å². The molecule has 0 saturated heterocycles. The van der Waals surface area contributed by atoms with Crippen molar-refractivity contribution < 1.29 is 22.3 Å². The van der Waals surface area contributed by atoms with Crippen LogP contribution in [-0.4, -0.2) is 28.0 Å². The minimum Gasteiger partial charge on any atom is -0.465 e. The molecule has 0 aliphatic heterocycles. The number of carbonyl (C=O) groups excluding carboxylic acids is 1. The van der Waals surface area contributed by atoms with Gasteiger partial charge in [0.1, 0.15) is 5.82 Å². The van der Waals surface area contributed by atoms with Gasteiger partial charge in [-0.05, 0) is 25.1 Å². The van der Waals surface area contributed by atoms with Gasteiger partial charge in [0.2, 0.25) is 10.0 Å². The molecule has 0 atom stereocenters. The van der Waals surface area contributed by atoms with Gasteiger partial charge in [0.05, 0.1) is 17.6 Å².